The summed E-state index contributed by atoms with van der Waals surface area (Å²) in [6, 6.07) is 36.8. The zero-order valence-corrected chi connectivity index (χ0v) is 60.1. The summed E-state index contributed by atoms with van der Waals surface area (Å²) < 4.78 is 90.6. The van der Waals surface area contributed by atoms with Gasteiger partial charge in [0.2, 0.25) is 5.97 Å². The van der Waals surface area contributed by atoms with Gasteiger partial charge in [-0.3, -0.25) is 4.79 Å². The molecule has 0 aromatic heterocycles. The molecule has 12 rings (SSSR count). The molecule has 9 nitrogen and oxygen atoms in total. The van der Waals surface area contributed by atoms with E-state index in [0.29, 0.717) is 43.4 Å². The van der Waals surface area contributed by atoms with Crippen molar-refractivity contribution in [2.24, 2.45) is 34.5 Å². The van der Waals surface area contributed by atoms with Crippen molar-refractivity contribution in [1.29, 1.82) is 0 Å². The minimum absolute atomic E-state index is 0. The first-order valence-corrected chi connectivity index (χ1v) is 34.3. The number of ether oxygens (including phenoxy) is 2. The van der Waals surface area contributed by atoms with Gasteiger partial charge in [-0.2, -0.15) is 8.78 Å². The number of benzene rings is 4. The molecule has 4 atom stereocenters. The van der Waals surface area contributed by atoms with Gasteiger partial charge in [-0.25, -0.2) is 4.79 Å². The Morgan fingerprint density at radius 1 is 0.500 bits per heavy atom. The molecule has 0 radical (unpaired) electrons. The largest absolute Gasteiger partial charge is 1.00 e. The molecule has 18 heteroatoms. The molecule has 4 aromatic carbocycles. The fourth-order valence-corrected chi connectivity index (χ4v) is 18.4. The summed E-state index contributed by atoms with van der Waals surface area (Å²) in [5.41, 5.74) is 4.81. The fourth-order valence-electron chi connectivity index (χ4n) is 14.1. The first-order chi connectivity index (χ1) is 38.1. The first-order valence-electron chi connectivity index (χ1n) is 29.0. The molecule has 0 aliphatic heterocycles. The maximum Gasteiger partial charge on any atom is 1.00 e. The van der Waals surface area contributed by atoms with E-state index >= 15 is 0 Å². The number of carbonyl (C=O) groups is 2. The molecule has 8 saturated carbocycles. The topological polar surface area (TPSA) is 144 Å². The van der Waals surface area contributed by atoms with E-state index < -0.39 is 46.1 Å². The number of alkyl halides is 2. The van der Waals surface area contributed by atoms with Crippen LogP contribution >= 0.6 is 0 Å². The minimum Gasteiger partial charge on any atom is -1.00 e. The molecule has 0 saturated heterocycles. The monoisotopic (exact) mass is 1470 g/mol. The van der Waals surface area contributed by atoms with E-state index in [1.807, 2.05) is 0 Å². The Bertz CT molecular complexity index is 2680. The standard InChI is InChI=1S/2C20H26I.C14H20F2O3.C13H17F2O3.CH4.ClH.Na.O3S/c2*1-19(2,3)15-7-11-17(12-8-15)21-18-13-9-16(10-14-18)20(4,5)6;1-12(15,16)11(17)19-8-13-3-9-2-10(4-13)6-14(18,5-9)7-13;14-10(15)11(16)18-7-12-2-8-1-9(3-12)5-13(17,4-8)6-12;;;;1-4(2)3/h2*7-14H,1-6H3;9-10,18H,2-8H2,1H3;8-9,17H,1-7H2;1H4;1H;;/q2*-1;;-1;;;+1;/p-1. The van der Waals surface area contributed by atoms with Crippen molar-refractivity contribution in [1.82, 2.24) is 0 Å². The molecule has 4 unspecified atom stereocenters. The summed E-state index contributed by atoms with van der Waals surface area (Å²) in [5, 5.41) is 21.0. The van der Waals surface area contributed by atoms with Crippen LogP contribution in [0.1, 0.15) is 197 Å². The van der Waals surface area contributed by atoms with E-state index in [1.165, 1.54) is 36.5 Å². The second-order valence-corrected chi connectivity index (χ2v) is 35.6. The van der Waals surface area contributed by atoms with Gasteiger partial charge >= 0.3 is 333 Å². The van der Waals surface area contributed by atoms with Crippen molar-refractivity contribution < 1.29 is 144 Å². The number of esters is 2. The second-order valence-electron chi connectivity index (χ2n) is 29.1. The number of aliphatic hydroxyl groups is 2. The maximum atomic E-state index is 12.8. The number of halogens is 7. The van der Waals surface area contributed by atoms with Crippen molar-refractivity contribution >= 4 is 22.5 Å². The molecule has 4 aromatic rings. The number of rotatable bonds is 10. The Hall–Kier alpha value is -2.30. The molecule has 0 heterocycles. The van der Waals surface area contributed by atoms with Crippen LogP contribution in [0.4, 0.5) is 17.6 Å². The summed E-state index contributed by atoms with van der Waals surface area (Å²) in [4.78, 5) is 22.0. The van der Waals surface area contributed by atoms with Gasteiger partial charge in [0.05, 0.1) is 24.4 Å². The second kappa shape index (κ2) is 30.9. The van der Waals surface area contributed by atoms with Gasteiger partial charge in [-0.1, -0.05) is 7.43 Å². The van der Waals surface area contributed by atoms with Crippen LogP contribution in [0.3, 0.4) is 0 Å². The number of hydrogen-bond acceptors (Lipinski definition) is 9. The van der Waals surface area contributed by atoms with E-state index in [2.05, 4.69) is 180 Å². The van der Waals surface area contributed by atoms with E-state index in [0.717, 1.165) is 64.2 Å². The van der Waals surface area contributed by atoms with Gasteiger partial charge in [0.1, 0.15) is 0 Å². The molecule has 8 fully saturated rings. The Balaban J connectivity index is 0.000000291. The molecule has 8 aliphatic carbocycles. The third kappa shape index (κ3) is 23.1. The van der Waals surface area contributed by atoms with E-state index in [4.69, 9.17) is 22.1 Å². The van der Waals surface area contributed by atoms with Crippen LogP contribution < -0.4 is 84.4 Å². The van der Waals surface area contributed by atoms with E-state index in [9.17, 15) is 37.4 Å². The summed E-state index contributed by atoms with van der Waals surface area (Å²) in [7, 11) is -3.11. The molecular formula is C68H93ClF4I2NaO9S-3. The Kier molecular flexibility index (Phi) is 28.0. The summed E-state index contributed by atoms with van der Waals surface area (Å²) in [6.45, 7) is 27.8. The van der Waals surface area contributed by atoms with Crippen molar-refractivity contribution in [2.75, 3.05) is 13.2 Å². The smallest absolute Gasteiger partial charge is 1.00 e. The Labute approximate surface area is 562 Å². The molecule has 0 amide bonds. The summed E-state index contributed by atoms with van der Waals surface area (Å²) in [5.74, 6) is -4.53. The molecule has 8 bridgehead atoms. The van der Waals surface area contributed by atoms with Crippen LogP contribution in [0.5, 0.6) is 0 Å². The summed E-state index contributed by atoms with van der Waals surface area (Å²) >= 11 is -0.141. The van der Waals surface area contributed by atoms with Gasteiger partial charge in [0.25, 0.3) is 0 Å². The third-order valence-corrected chi connectivity index (χ3v) is 22.5. The maximum absolute atomic E-state index is 12.8. The molecular weight excluding hydrogens is 1380 g/mol. The molecule has 0 spiro atoms. The van der Waals surface area contributed by atoms with Crippen molar-refractivity contribution in [3.63, 3.8) is 0 Å². The van der Waals surface area contributed by atoms with Gasteiger partial charge in [0, 0.05) is 24.2 Å². The first kappa shape index (κ1) is 77.9. The van der Waals surface area contributed by atoms with Crippen molar-refractivity contribution in [2.45, 2.75) is 213 Å². The average Bonchev–Trinajstić information content (AvgIpc) is 0.901. The van der Waals surface area contributed by atoms with Crippen LogP contribution in [0.2, 0.25) is 0 Å². The third-order valence-electron chi connectivity index (χ3n) is 17.1. The fraction of sp³-hybridized carbons (Fsp3) is 0.603. The predicted molar refractivity (Wildman–Crippen MR) is 314 cm³/mol. The molecule has 86 heavy (non-hydrogen) atoms. The quantitative estimate of drug-likeness (QED) is 0.0805. The predicted octanol–water partition coefficient (Wildman–Crippen LogP) is 3.27. The minimum atomic E-state index is -3.43. The normalized spacial score (nSPS) is 25.7. The van der Waals surface area contributed by atoms with E-state index in [1.54, 1.807) is 0 Å². The van der Waals surface area contributed by atoms with Crippen molar-refractivity contribution in [3.05, 3.63) is 140 Å². The average molecular weight is 1470 g/mol. The van der Waals surface area contributed by atoms with Gasteiger partial charge in [-0.15, -0.1) is 12.6 Å². The molecule has 8 aliphatic rings. The van der Waals surface area contributed by atoms with Gasteiger partial charge in [-0.05, 0) is 101 Å². The van der Waals surface area contributed by atoms with Crippen LogP contribution in [0.15, 0.2) is 97.1 Å². The van der Waals surface area contributed by atoms with Crippen LogP contribution in [-0.2, 0) is 51.3 Å². The van der Waals surface area contributed by atoms with Crippen LogP contribution in [0, 0.1) is 55.2 Å². The van der Waals surface area contributed by atoms with Crippen LogP contribution in [0.25, 0.3) is 0 Å². The Morgan fingerprint density at radius 3 is 0.930 bits per heavy atom. The molecule has 2 N–H and O–H groups in total. The molecule has 478 valence electrons. The SMILES string of the molecule is C.CC(C)(C)c1ccc([I-]c2ccc(C(C)(C)C)cc2)cc1.CC(C)(C)c1ccc([I-]c2ccc(C(C)(C)C)cc2)cc1.CC(F)(F)C(=O)OCC12CC3CC(CC(O)(C3)C1)C2.O=C(OCC12CC3CC(CC(O)(C3)C1)C2)[C-](F)F.O=S(=O)=O.[Cl-].[Na+]. The van der Waals surface area contributed by atoms with Gasteiger partial charge < -0.3 is 40.9 Å². The van der Waals surface area contributed by atoms with Gasteiger partial charge in [0.15, 0.2) is 0 Å². The number of carbonyl (C=O) groups excluding carboxylic acids is 2. The zero-order valence-electron chi connectivity index (χ0n) is 52.3. The number of hydrogen-bond donors (Lipinski definition) is 2. The van der Waals surface area contributed by atoms with Crippen molar-refractivity contribution in [3.8, 4) is 0 Å². The Morgan fingerprint density at radius 2 is 0.733 bits per heavy atom. The van der Waals surface area contributed by atoms with E-state index in [-0.39, 0.29) is 138 Å². The van der Waals surface area contributed by atoms with Crippen LogP contribution in [-0.4, -0.2) is 65.1 Å². The summed E-state index contributed by atoms with van der Waals surface area (Å²) in [6.07, 6.45) is 8.02. The zero-order chi connectivity index (χ0) is 61.8.